The lowest BCUT2D eigenvalue weighted by Crippen LogP contribution is -2.39. The molecule has 0 saturated carbocycles. The van der Waals surface area contributed by atoms with Crippen molar-refractivity contribution < 1.29 is 23.4 Å². The minimum absolute atomic E-state index is 0.427. The minimum atomic E-state index is -2.60. The molecular weight excluding hydrogens is 341 g/mol. The molecule has 2 atom stereocenters. The summed E-state index contributed by atoms with van der Waals surface area (Å²) < 4.78 is 37.1. The van der Waals surface area contributed by atoms with Gasteiger partial charge in [-0.25, -0.2) is 13.2 Å². The van der Waals surface area contributed by atoms with Crippen LogP contribution < -0.4 is 5.32 Å². The number of aliphatic hydroxyl groups is 2. The molecule has 1 rings (SSSR count). The Morgan fingerprint density at radius 3 is 2.38 bits per heavy atom. The summed E-state index contributed by atoms with van der Waals surface area (Å²) in [5.41, 5.74) is 2.35. The molecule has 0 heterocycles. The van der Waals surface area contributed by atoms with E-state index in [0.717, 1.165) is 22.9 Å². The lowest BCUT2D eigenvalue weighted by Gasteiger charge is -2.22. The van der Waals surface area contributed by atoms with Crippen molar-refractivity contribution in [3.05, 3.63) is 42.0 Å². The number of hydrogen-bond acceptors (Lipinski definition) is 5. The van der Waals surface area contributed by atoms with Gasteiger partial charge in [0.15, 0.2) is 0 Å². The Bertz CT molecular complexity index is 547. The fraction of sp³-hybridized carbons (Fsp3) is 0.312. The zero-order valence-corrected chi connectivity index (χ0v) is 13.6. The van der Waals surface area contributed by atoms with E-state index in [2.05, 4.69) is 18.3 Å². The molecule has 4 N–H and O–H groups in total. The van der Waals surface area contributed by atoms with Crippen LogP contribution in [0.3, 0.4) is 0 Å². The van der Waals surface area contributed by atoms with Crippen LogP contribution in [0.1, 0.15) is 17.2 Å². The van der Waals surface area contributed by atoms with Crippen molar-refractivity contribution in [3.8, 4) is 12.5 Å². The van der Waals surface area contributed by atoms with Crippen molar-refractivity contribution in [1.82, 2.24) is 5.32 Å². The van der Waals surface area contributed by atoms with E-state index in [1.807, 2.05) is 0 Å². The van der Waals surface area contributed by atoms with Crippen molar-refractivity contribution in [2.75, 3.05) is 13.2 Å². The standard InChI is InChI=1S/C14H17F3N2OS.C2H2O/c1-9(21-8-18)10-2-4-11(5-3-10)14(20)12(6-15)19-7-13(16)17;1-2-3/h2-5,8,12-14,18-20H,1,6-7H2;1,3H. The molecule has 0 aromatic heterocycles. The van der Waals surface area contributed by atoms with Crippen LogP contribution in [0.15, 0.2) is 30.8 Å². The fourth-order valence-electron chi connectivity index (χ4n) is 1.73. The second-order valence-electron chi connectivity index (χ2n) is 4.41. The van der Waals surface area contributed by atoms with E-state index in [-0.39, 0.29) is 0 Å². The van der Waals surface area contributed by atoms with Gasteiger partial charge in [-0.05, 0) is 11.1 Å². The zero-order valence-electron chi connectivity index (χ0n) is 12.8. The molecule has 1 aromatic rings. The van der Waals surface area contributed by atoms with Gasteiger partial charge < -0.3 is 20.9 Å². The summed E-state index contributed by atoms with van der Waals surface area (Å²) in [5.74, 6) is 0. The number of alkyl halides is 3. The molecule has 4 nitrogen and oxygen atoms in total. The highest BCUT2D eigenvalue weighted by Crippen LogP contribution is 2.25. The lowest BCUT2D eigenvalue weighted by molar-refractivity contribution is 0.0892. The van der Waals surface area contributed by atoms with E-state index in [9.17, 15) is 18.3 Å². The Labute approximate surface area is 143 Å². The van der Waals surface area contributed by atoms with Crippen molar-refractivity contribution >= 4 is 22.2 Å². The Hall–Kier alpha value is -1.95. The van der Waals surface area contributed by atoms with Crippen LogP contribution in [0.25, 0.3) is 4.91 Å². The third-order valence-corrected chi connectivity index (χ3v) is 3.50. The number of aliphatic hydroxyl groups excluding tert-OH is 2. The Kier molecular flexibility index (Phi) is 11.5. The molecule has 0 aliphatic carbocycles. The maximum absolute atomic E-state index is 12.8. The quantitative estimate of drug-likeness (QED) is 0.310. The van der Waals surface area contributed by atoms with Gasteiger partial charge >= 0.3 is 0 Å². The van der Waals surface area contributed by atoms with E-state index in [1.54, 1.807) is 24.3 Å². The van der Waals surface area contributed by atoms with Crippen LogP contribution >= 0.6 is 11.8 Å². The first-order chi connectivity index (χ1) is 11.4. The first kappa shape index (κ1) is 22.1. The third kappa shape index (κ3) is 8.06. The van der Waals surface area contributed by atoms with E-state index < -0.39 is 31.8 Å². The van der Waals surface area contributed by atoms with Gasteiger partial charge in [0.05, 0.1) is 24.2 Å². The van der Waals surface area contributed by atoms with Gasteiger partial charge in [0.1, 0.15) is 12.8 Å². The summed E-state index contributed by atoms with van der Waals surface area (Å²) in [6, 6.07) is 5.45. The van der Waals surface area contributed by atoms with Gasteiger partial charge in [-0.3, -0.25) is 0 Å². The average Bonchev–Trinajstić information content (AvgIpc) is 2.56. The largest absolute Gasteiger partial charge is 0.462 e. The van der Waals surface area contributed by atoms with Crippen LogP contribution in [0.2, 0.25) is 0 Å². The number of halogens is 3. The average molecular weight is 360 g/mol. The van der Waals surface area contributed by atoms with Crippen molar-refractivity contribution in [2.24, 2.45) is 0 Å². The van der Waals surface area contributed by atoms with Crippen LogP contribution in [-0.2, 0) is 0 Å². The van der Waals surface area contributed by atoms with Gasteiger partial charge in [0.25, 0.3) is 6.43 Å². The fourth-order valence-corrected chi connectivity index (χ4v) is 2.14. The number of thioether (sulfide) groups is 1. The summed E-state index contributed by atoms with van der Waals surface area (Å²) in [7, 11) is 0. The normalized spacial score (nSPS) is 12.5. The predicted molar refractivity (Wildman–Crippen MR) is 91.3 cm³/mol. The van der Waals surface area contributed by atoms with Gasteiger partial charge in [-0.1, -0.05) is 49.0 Å². The summed E-state index contributed by atoms with van der Waals surface area (Å²) in [5, 5.41) is 26.4. The summed E-state index contributed by atoms with van der Waals surface area (Å²) in [6.07, 6.45) is 1.58. The molecule has 2 unspecified atom stereocenters. The molecule has 0 bridgehead atoms. The van der Waals surface area contributed by atoms with Crippen molar-refractivity contribution in [1.29, 1.82) is 5.41 Å². The Balaban J connectivity index is 0.00000163. The number of terminal acetylenes is 1. The van der Waals surface area contributed by atoms with Crippen LogP contribution in [0, 0.1) is 17.9 Å². The molecule has 0 amide bonds. The number of rotatable bonds is 9. The minimum Gasteiger partial charge on any atom is -0.462 e. The maximum atomic E-state index is 12.8. The molecule has 1 aromatic carbocycles. The molecule has 8 heteroatoms. The lowest BCUT2D eigenvalue weighted by atomic mass is 10.0. The molecule has 24 heavy (non-hydrogen) atoms. The topological polar surface area (TPSA) is 76.3 Å². The van der Waals surface area contributed by atoms with E-state index in [1.165, 1.54) is 6.11 Å². The van der Waals surface area contributed by atoms with E-state index >= 15 is 0 Å². The van der Waals surface area contributed by atoms with Crippen molar-refractivity contribution in [2.45, 2.75) is 18.6 Å². The van der Waals surface area contributed by atoms with E-state index in [0.29, 0.717) is 10.5 Å². The number of nitrogens with one attached hydrogen (secondary N) is 2. The van der Waals surface area contributed by atoms with Gasteiger partial charge in [-0.2, -0.15) is 0 Å². The predicted octanol–water partition coefficient (Wildman–Crippen LogP) is 3.17. The molecule has 0 spiro atoms. The van der Waals surface area contributed by atoms with Crippen LogP contribution in [0.5, 0.6) is 0 Å². The Morgan fingerprint density at radius 1 is 1.42 bits per heavy atom. The highest BCUT2D eigenvalue weighted by molar-refractivity contribution is 8.19. The number of hydrogen-bond donors (Lipinski definition) is 4. The second kappa shape index (κ2) is 12.5. The summed E-state index contributed by atoms with van der Waals surface area (Å²) in [6.45, 7) is 2.16. The SMILES string of the molecule is C#CO.C=C(SC=N)c1ccc(C(O)C(CF)NCC(F)F)cc1. The van der Waals surface area contributed by atoms with Gasteiger partial charge in [-0.15, -0.1) is 0 Å². The molecule has 0 radical (unpaired) electrons. The van der Waals surface area contributed by atoms with Crippen LogP contribution in [0.4, 0.5) is 13.2 Å². The van der Waals surface area contributed by atoms with Crippen molar-refractivity contribution in [3.63, 3.8) is 0 Å². The number of benzene rings is 1. The van der Waals surface area contributed by atoms with Crippen LogP contribution in [-0.4, -0.2) is 41.4 Å². The highest BCUT2D eigenvalue weighted by atomic mass is 32.2. The highest BCUT2D eigenvalue weighted by Gasteiger charge is 2.21. The van der Waals surface area contributed by atoms with Gasteiger partial charge in [0.2, 0.25) is 0 Å². The molecular formula is C16H19F3N2O2S. The molecule has 0 saturated heterocycles. The summed E-state index contributed by atoms with van der Waals surface area (Å²) >= 11 is 1.15. The zero-order chi connectivity index (χ0) is 18.5. The molecule has 0 aliphatic heterocycles. The first-order valence-corrected chi connectivity index (χ1v) is 7.59. The third-order valence-electron chi connectivity index (χ3n) is 2.86. The molecule has 132 valence electrons. The smallest absolute Gasteiger partial charge is 0.250 e. The van der Waals surface area contributed by atoms with Gasteiger partial charge in [0, 0.05) is 4.91 Å². The monoisotopic (exact) mass is 360 g/mol. The van der Waals surface area contributed by atoms with E-state index in [4.69, 9.17) is 10.5 Å². The molecule has 0 aliphatic rings. The maximum Gasteiger partial charge on any atom is 0.250 e. The summed E-state index contributed by atoms with van der Waals surface area (Å²) in [4.78, 5) is 0.670. The first-order valence-electron chi connectivity index (χ1n) is 6.71. The molecule has 0 fully saturated rings. The Morgan fingerprint density at radius 2 is 1.96 bits per heavy atom. The second-order valence-corrected chi connectivity index (χ2v) is 5.38.